The zero-order valence-electron chi connectivity index (χ0n) is 12.6. The van der Waals surface area contributed by atoms with Gasteiger partial charge in [-0.05, 0) is 12.1 Å². The van der Waals surface area contributed by atoms with Gasteiger partial charge in [0.05, 0.1) is 12.2 Å². The van der Waals surface area contributed by atoms with Crippen molar-refractivity contribution in [1.82, 2.24) is 0 Å². The summed E-state index contributed by atoms with van der Waals surface area (Å²) in [5.74, 6) is -3.37. The first-order valence-corrected chi connectivity index (χ1v) is 6.91. The molecule has 2 rings (SSSR count). The topological polar surface area (TPSA) is 166 Å². The van der Waals surface area contributed by atoms with Crippen molar-refractivity contribution in [2.45, 2.75) is 30.7 Å². The second-order valence-corrected chi connectivity index (χ2v) is 5.18. The Morgan fingerprint density at radius 1 is 1.17 bits per heavy atom. The van der Waals surface area contributed by atoms with Crippen LogP contribution in [0.25, 0.3) is 0 Å². The minimum absolute atomic E-state index is 0.316. The van der Waals surface area contributed by atoms with Gasteiger partial charge in [0.15, 0.2) is 29.6 Å². The highest BCUT2D eigenvalue weighted by molar-refractivity contribution is 5.91. The van der Waals surface area contributed by atoms with E-state index in [0.29, 0.717) is 0 Å². The smallest absolute Gasteiger partial charge is 0.338 e. The lowest BCUT2D eigenvalue weighted by atomic mass is 9.99. The fraction of sp³-hybridized carbons (Fsp3) is 0.500. The van der Waals surface area contributed by atoms with E-state index in [1.165, 1.54) is 7.11 Å². The van der Waals surface area contributed by atoms with Gasteiger partial charge in [0.1, 0.15) is 18.3 Å². The maximum atomic E-state index is 12.1. The molecule has 1 fully saturated rings. The number of carbonyl (C=O) groups excluding carboxylic acids is 1. The van der Waals surface area contributed by atoms with Crippen LogP contribution in [0.3, 0.4) is 0 Å². The third kappa shape index (κ3) is 3.37. The number of ether oxygens (including phenoxy) is 3. The Kier molecular flexibility index (Phi) is 5.47. The Hall–Kier alpha value is -2.11. The molecule has 1 heterocycles. The van der Waals surface area contributed by atoms with E-state index in [1.54, 1.807) is 0 Å². The maximum Gasteiger partial charge on any atom is 0.338 e. The summed E-state index contributed by atoms with van der Waals surface area (Å²) in [6, 6.07) is 1.70. The number of aliphatic hydroxyl groups is 3. The van der Waals surface area contributed by atoms with Gasteiger partial charge >= 0.3 is 5.97 Å². The zero-order valence-corrected chi connectivity index (χ0v) is 12.6. The van der Waals surface area contributed by atoms with E-state index in [-0.39, 0.29) is 5.56 Å². The highest BCUT2D eigenvalue weighted by Crippen LogP contribution is 2.36. The summed E-state index contributed by atoms with van der Waals surface area (Å²) >= 11 is 0. The summed E-state index contributed by atoms with van der Waals surface area (Å²) in [5, 5.41) is 57.1. The number of carbonyl (C=O) groups is 1. The molecule has 0 saturated carbocycles. The normalized spacial score (nSPS) is 30.1. The number of hydrogen-bond donors (Lipinski definition) is 6. The molecule has 0 radical (unpaired) electrons. The quantitative estimate of drug-likeness (QED) is 0.276. The van der Waals surface area contributed by atoms with Gasteiger partial charge in [0, 0.05) is 7.11 Å². The molecular formula is C14H18O10. The molecule has 1 aromatic rings. The number of methoxy groups -OCH3 is 1. The van der Waals surface area contributed by atoms with E-state index < -0.39 is 60.5 Å². The molecule has 1 saturated heterocycles. The molecule has 0 aliphatic carbocycles. The molecule has 1 aliphatic heterocycles. The number of aromatic hydroxyl groups is 3. The SMILES string of the molecule is COC1O[C@H](CO)[C@@H](O)[C@H](O)[C@H]1OC(=O)c1cc(O)c(O)c(O)c1. The molecule has 0 spiro atoms. The lowest BCUT2D eigenvalue weighted by Crippen LogP contribution is -2.60. The summed E-state index contributed by atoms with van der Waals surface area (Å²) in [4.78, 5) is 12.1. The van der Waals surface area contributed by atoms with Gasteiger partial charge in [-0.3, -0.25) is 0 Å². The average Bonchev–Trinajstić information content (AvgIpc) is 2.56. The van der Waals surface area contributed by atoms with E-state index in [2.05, 4.69) is 0 Å². The Balaban J connectivity index is 2.20. The van der Waals surface area contributed by atoms with Crippen molar-refractivity contribution in [3.63, 3.8) is 0 Å². The number of hydrogen-bond acceptors (Lipinski definition) is 10. The number of esters is 1. The van der Waals surface area contributed by atoms with Crippen LogP contribution in [0.2, 0.25) is 0 Å². The van der Waals surface area contributed by atoms with Gasteiger partial charge in [0.25, 0.3) is 0 Å². The van der Waals surface area contributed by atoms with E-state index in [4.69, 9.17) is 19.3 Å². The van der Waals surface area contributed by atoms with Crippen LogP contribution in [0.1, 0.15) is 10.4 Å². The van der Waals surface area contributed by atoms with Gasteiger partial charge in [-0.2, -0.15) is 0 Å². The molecule has 10 nitrogen and oxygen atoms in total. The van der Waals surface area contributed by atoms with E-state index in [0.717, 1.165) is 12.1 Å². The van der Waals surface area contributed by atoms with Crippen LogP contribution in [0.4, 0.5) is 0 Å². The van der Waals surface area contributed by atoms with E-state index in [9.17, 15) is 30.3 Å². The molecule has 24 heavy (non-hydrogen) atoms. The summed E-state index contributed by atoms with van der Waals surface area (Å²) in [5.41, 5.74) is -0.316. The number of phenolic OH excluding ortho intramolecular Hbond substituents is 3. The number of aliphatic hydroxyl groups excluding tert-OH is 3. The fourth-order valence-electron chi connectivity index (χ4n) is 2.29. The molecule has 10 heteroatoms. The second-order valence-electron chi connectivity index (χ2n) is 5.18. The number of phenols is 3. The average molecular weight is 346 g/mol. The first kappa shape index (κ1) is 18.2. The van der Waals surface area contributed by atoms with Crippen molar-refractivity contribution in [2.24, 2.45) is 0 Å². The maximum absolute atomic E-state index is 12.1. The third-order valence-electron chi connectivity index (χ3n) is 3.61. The monoisotopic (exact) mass is 346 g/mol. The predicted molar refractivity (Wildman–Crippen MR) is 75.4 cm³/mol. The van der Waals surface area contributed by atoms with Gasteiger partial charge in [-0.1, -0.05) is 0 Å². The van der Waals surface area contributed by atoms with Crippen molar-refractivity contribution < 1.29 is 49.6 Å². The standard InChI is InChI=1S/C14H18O10/c1-22-14-12(11(20)10(19)8(4-15)23-14)24-13(21)5-2-6(16)9(18)7(17)3-5/h2-3,8,10-12,14-20H,4H2,1H3/t8-,10-,11+,12-,14?/m1/s1. The predicted octanol–water partition coefficient (Wildman–Crippen LogP) is -1.59. The van der Waals surface area contributed by atoms with Crippen LogP contribution >= 0.6 is 0 Å². The van der Waals surface area contributed by atoms with Gasteiger partial charge < -0.3 is 44.8 Å². The lowest BCUT2D eigenvalue weighted by molar-refractivity contribution is -0.293. The van der Waals surface area contributed by atoms with Gasteiger partial charge in [-0.25, -0.2) is 4.79 Å². The lowest BCUT2D eigenvalue weighted by Gasteiger charge is -2.40. The van der Waals surface area contributed by atoms with Crippen molar-refractivity contribution >= 4 is 5.97 Å². The second kappa shape index (κ2) is 7.20. The molecule has 5 atom stereocenters. The Morgan fingerprint density at radius 3 is 2.25 bits per heavy atom. The summed E-state index contributed by atoms with van der Waals surface area (Å²) in [7, 11) is 1.21. The van der Waals surface area contributed by atoms with Crippen LogP contribution in [0.5, 0.6) is 17.2 Å². The third-order valence-corrected chi connectivity index (χ3v) is 3.61. The fourth-order valence-corrected chi connectivity index (χ4v) is 2.29. The highest BCUT2D eigenvalue weighted by Gasteiger charge is 2.47. The van der Waals surface area contributed by atoms with Crippen molar-refractivity contribution in [3.8, 4) is 17.2 Å². The largest absolute Gasteiger partial charge is 0.504 e. The van der Waals surface area contributed by atoms with Crippen LogP contribution in [-0.4, -0.2) is 81.0 Å². The van der Waals surface area contributed by atoms with Crippen molar-refractivity contribution in [3.05, 3.63) is 17.7 Å². The van der Waals surface area contributed by atoms with Crippen LogP contribution in [-0.2, 0) is 14.2 Å². The first-order valence-electron chi connectivity index (χ1n) is 6.91. The molecule has 6 N–H and O–H groups in total. The molecule has 0 bridgehead atoms. The first-order chi connectivity index (χ1) is 11.3. The van der Waals surface area contributed by atoms with Crippen LogP contribution < -0.4 is 0 Å². The minimum Gasteiger partial charge on any atom is -0.504 e. The molecule has 1 unspecified atom stereocenters. The summed E-state index contributed by atoms with van der Waals surface area (Å²) < 4.78 is 15.1. The zero-order chi connectivity index (χ0) is 18.0. The van der Waals surface area contributed by atoms with E-state index >= 15 is 0 Å². The molecule has 0 amide bonds. The Labute approximate surface area is 136 Å². The van der Waals surface area contributed by atoms with Crippen molar-refractivity contribution in [2.75, 3.05) is 13.7 Å². The molecular weight excluding hydrogens is 328 g/mol. The van der Waals surface area contributed by atoms with Crippen LogP contribution in [0, 0.1) is 0 Å². The number of rotatable bonds is 4. The Bertz CT molecular complexity index is 578. The molecule has 1 aromatic carbocycles. The molecule has 134 valence electrons. The number of benzene rings is 1. The van der Waals surface area contributed by atoms with Gasteiger partial charge in [0.2, 0.25) is 0 Å². The molecule has 0 aromatic heterocycles. The minimum atomic E-state index is -1.61. The van der Waals surface area contributed by atoms with Gasteiger partial charge in [-0.15, -0.1) is 0 Å². The summed E-state index contributed by atoms with van der Waals surface area (Å²) in [6.45, 7) is -0.585. The molecule has 1 aliphatic rings. The highest BCUT2D eigenvalue weighted by atomic mass is 16.7. The summed E-state index contributed by atoms with van der Waals surface area (Å²) in [6.07, 6.45) is -6.95. The van der Waals surface area contributed by atoms with Crippen LogP contribution in [0.15, 0.2) is 12.1 Å². The van der Waals surface area contributed by atoms with E-state index in [1.807, 2.05) is 0 Å². The Morgan fingerprint density at radius 2 is 1.75 bits per heavy atom. The van der Waals surface area contributed by atoms with Crippen molar-refractivity contribution in [1.29, 1.82) is 0 Å².